The van der Waals surface area contributed by atoms with Crippen LogP contribution in [0.3, 0.4) is 0 Å². The van der Waals surface area contributed by atoms with Gasteiger partial charge in [-0.05, 0) is 43.7 Å². The van der Waals surface area contributed by atoms with E-state index in [9.17, 15) is 9.18 Å². The Labute approximate surface area is 117 Å². The standard InChI is InChI=1S/C15H18FN3O/c1-3-10(2)17-9-12-8-14(18-19-15(12)20)11-4-6-13(16)7-5-11/h4-8,10,17H,3,9H2,1-2H3,(H,19,20). The highest BCUT2D eigenvalue weighted by Gasteiger charge is 2.07. The van der Waals surface area contributed by atoms with Crippen LogP contribution in [0.4, 0.5) is 4.39 Å². The van der Waals surface area contributed by atoms with Crippen molar-refractivity contribution >= 4 is 0 Å². The molecule has 0 aliphatic heterocycles. The van der Waals surface area contributed by atoms with Crippen LogP contribution >= 0.6 is 0 Å². The van der Waals surface area contributed by atoms with E-state index in [4.69, 9.17) is 0 Å². The molecule has 2 rings (SSSR count). The smallest absolute Gasteiger partial charge is 0.268 e. The first-order chi connectivity index (χ1) is 9.60. The number of aromatic nitrogens is 2. The molecule has 1 atom stereocenters. The Hall–Kier alpha value is -2.01. The number of nitrogens with one attached hydrogen (secondary N) is 2. The predicted octanol–water partition coefficient (Wildman–Crippen LogP) is 2.46. The van der Waals surface area contributed by atoms with Crippen LogP contribution in [-0.2, 0) is 6.54 Å². The van der Waals surface area contributed by atoms with E-state index in [1.807, 2.05) is 0 Å². The maximum absolute atomic E-state index is 12.9. The van der Waals surface area contributed by atoms with Crippen LogP contribution < -0.4 is 10.9 Å². The highest BCUT2D eigenvalue weighted by Crippen LogP contribution is 2.16. The van der Waals surface area contributed by atoms with Crippen LogP contribution in [-0.4, -0.2) is 16.2 Å². The quantitative estimate of drug-likeness (QED) is 0.881. The summed E-state index contributed by atoms with van der Waals surface area (Å²) in [5.74, 6) is -0.295. The first-order valence-electron chi connectivity index (χ1n) is 6.68. The third-order valence-electron chi connectivity index (χ3n) is 3.27. The summed E-state index contributed by atoms with van der Waals surface area (Å²) in [5.41, 5.74) is 1.82. The van der Waals surface area contributed by atoms with Gasteiger partial charge in [-0.15, -0.1) is 0 Å². The number of aromatic amines is 1. The van der Waals surface area contributed by atoms with Gasteiger partial charge in [0.05, 0.1) is 5.69 Å². The Balaban J connectivity index is 2.24. The zero-order chi connectivity index (χ0) is 14.5. The van der Waals surface area contributed by atoms with Crippen LogP contribution in [0.15, 0.2) is 35.1 Å². The lowest BCUT2D eigenvalue weighted by atomic mass is 10.1. The molecule has 2 N–H and O–H groups in total. The third kappa shape index (κ3) is 3.51. The number of hydrogen-bond acceptors (Lipinski definition) is 3. The molecule has 0 fully saturated rings. The van der Waals surface area contributed by atoms with Crippen LogP contribution in [0.2, 0.25) is 0 Å². The molecule has 0 aliphatic carbocycles. The van der Waals surface area contributed by atoms with Crippen molar-refractivity contribution in [1.82, 2.24) is 15.5 Å². The molecule has 0 radical (unpaired) electrons. The Bertz CT molecular complexity index is 622. The van der Waals surface area contributed by atoms with Crippen molar-refractivity contribution in [3.63, 3.8) is 0 Å². The largest absolute Gasteiger partial charge is 0.310 e. The highest BCUT2D eigenvalue weighted by molar-refractivity contribution is 5.58. The molecule has 0 aliphatic rings. The molecule has 0 saturated carbocycles. The minimum Gasteiger partial charge on any atom is -0.310 e. The first-order valence-corrected chi connectivity index (χ1v) is 6.68. The summed E-state index contributed by atoms with van der Waals surface area (Å²) in [6.45, 7) is 4.63. The maximum atomic E-state index is 12.9. The van der Waals surface area contributed by atoms with Crippen molar-refractivity contribution in [2.45, 2.75) is 32.9 Å². The first kappa shape index (κ1) is 14.4. The van der Waals surface area contributed by atoms with Gasteiger partial charge in [0.15, 0.2) is 0 Å². The van der Waals surface area contributed by atoms with E-state index in [0.717, 1.165) is 12.0 Å². The van der Waals surface area contributed by atoms with Crippen molar-refractivity contribution in [2.75, 3.05) is 0 Å². The molecular formula is C15H18FN3O. The zero-order valence-electron chi connectivity index (χ0n) is 11.6. The fraction of sp³-hybridized carbons (Fsp3) is 0.333. The second kappa shape index (κ2) is 6.43. The van der Waals surface area contributed by atoms with E-state index in [1.54, 1.807) is 18.2 Å². The topological polar surface area (TPSA) is 57.8 Å². The van der Waals surface area contributed by atoms with Crippen LogP contribution in [0, 0.1) is 5.82 Å². The maximum Gasteiger partial charge on any atom is 0.268 e. The number of benzene rings is 1. The lowest BCUT2D eigenvalue weighted by Crippen LogP contribution is -2.28. The molecule has 1 aromatic carbocycles. The van der Waals surface area contributed by atoms with Crippen molar-refractivity contribution < 1.29 is 4.39 Å². The number of H-pyrrole nitrogens is 1. The second-order valence-electron chi connectivity index (χ2n) is 4.80. The number of rotatable bonds is 5. The van der Waals surface area contributed by atoms with Gasteiger partial charge in [-0.1, -0.05) is 6.92 Å². The van der Waals surface area contributed by atoms with Gasteiger partial charge in [-0.3, -0.25) is 4.79 Å². The Morgan fingerprint density at radius 2 is 2.05 bits per heavy atom. The molecule has 0 amide bonds. The highest BCUT2D eigenvalue weighted by atomic mass is 19.1. The van der Waals surface area contributed by atoms with E-state index in [0.29, 0.717) is 23.8 Å². The molecule has 0 bridgehead atoms. The van der Waals surface area contributed by atoms with Crippen molar-refractivity contribution in [3.8, 4) is 11.3 Å². The fourth-order valence-corrected chi connectivity index (χ4v) is 1.77. The minimum atomic E-state index is -0.295. The third-order valence-corrected chi connectivity index (χ3v) is 3.27. The summed E-state index contributed by atoms with van der Waals surface area (Å²) in [4.78, 5) is 11.7. The van der Waals surface area contributed by atoms with Gasteiger partial charge in [0, 0.05) is 23.7 Å². The number of nitrogens with zero attached hydrogens (tertiary/aromatic N) is 1. The minimum absolute atomic E-state index is 0.202. The lowest BCUT2D eigenvalue weighted by molar-refractivity contribution is 0.531. The van der Waals surface area contributed by atoms with Gasteiger partial charge in [0.25, 0.3) is 5.56 Å². The van der Waals surface area contributed by atoms with Gasteiger partial charge in [0.2, 0.25) is 0 Å². The molecule has 2 aromatic rings. The van der Waals surface area contributed by atoms with E-state index in [1.165, 1.54) is 12.1 Å². The van der Waals surface area contributed by atoms with Gasteiger partial charge < -0.3 is 5.32 Å². The summed E-state index contributed by atoms with van der Waals surface area (Å²) in [5, 5.41) is 9.75. The van der Waals surface area contributed by atoms with Crippen LogP contribution in [0.5, 0.6) is 0 Å². The van der Waals surface area contributed by atoms with Crippen LogP contribution in [0.25, 0.3) is 11.3 Å². The number of halogens is 1. The van der Waals surface area contributed by atoms with E-state index in [-0.39, 0.29) is 11.4 Å². The van der Waals surface area contributed by atoms with Crippen molar-refractivity contribution in [2.24, 2.45) is 0 Å². The summed E-state index contributed by atoms with van der Waals surface area (Å²) in [7, 11) is 0. The Kier molecular flexibility index (Phi) is 4.63. The molecule has 1 aromatic heterocycles. The average Bonchev–Trinajstić information content (AvgIpc) is 2.47. The Morgan fingerprint density at radius 1 is 1.35 bits per heavy atom. The van der Waals surface area contributed by atoms with Crippen LogP contribution in [0.1, 0.15) is 25.8 Å². The summed E-state index contributed by atoms with van der Waals surface area (Å²) < 4.78 is 12.9. The molecule has 4 nitrogen and oxygen atoms in total. The predicted molar refractivity (Wildman–Crippen MR) is 76.8 cm³/mol. The molecule has 1 unspecified atom stereocenters. The zero-order valence-corrected chi connectivity index (χ0v) is 11.6. The normalized spacial score (nSPS) is 12.3. The molecule has 0 spiro atoms. The van der Waals surface area contributed by atoms with E-state index < -0.39 is 0 Å². The van der Waals surface area contributed by atoms with Gasteiger partial charge in [-0.2, -0.15) is 5.10 Å². The van der Waals surface area contributed by atoms with Gasteiger partial charge >= 0.3 is 0 Å². The Morgan fingerprint density at radius 3 is 2.70 bits per heavy atom. The molecule has 1 heterocycles. The molecule has 5 heteroatoms. The average molecular weight is 275 g/mol. The fourth-order valence-electron chi connectivity index (χ4n) is 1.77. The lowest BCUT2D eigenvalue weighted by Gasteiger charge is -2.11. The summed E-state index contributed by atoms with van der Waals surface area (Å²) >= 11 is 0. The van der Waals surface area contributed by atoms with Crippen molar-refractivity contribution in [3.05, 3.63) is 52.1 Å². The van der Waals surface area contributed by atoms with E-state index >= 15 is 0 Å². The van der Waals surface area contributed by atoms with Gasteiger partial charge in [-0.25, -0.2) is 9.49 Å². The summed E-state index contributed by atoms with van der Waals surface area (Å²) in [6, 6.07) is 8.11. The molecule has 106 valence electrons. The van der Waals surface area contributed by atoms with Crippen molar-refractivity contribution in [1.29, 1.82) is 0 Å². The molecule has 20 heavy (non-hydrogen) atoms. The SMILES string of the molecule is CCC(C)NCc1cc(-c2ccc(F)cc2)n[nH]c1=O. The molecular weight excluding hydrogens is 257 g/mol. The molecule has 0 saturated heterocycles. The monoisotopic (exact) mass is 275 g/mol. The number of hydrogen-bond donors (Lipinski definition) is 2. The van der Waals surface area contributed by atoms with E-state index in [2.05, 4.69) is 29.4 Å². The second-order valence-corrected chi connectivity index (χ2v) is 4.80. The summed E-state index contributed by atoms with van der Waals surface area (Å²) in [6.07, 6.45) is 0.994. The van der Waals surface area contributed by atoms with Gasteiger partial charge in [0.1, 0.15) is 5.82 Å².